The first-order valence-corrected chi connectivity index (χ1v) is 7.41. The Morgan fingerprint density at radius 3 is 2.06 bits per heavy atom. The molecule has 2 heteroatoms. The number of rotatable bonds is 11. The predicted octanol–water partition coefficient (Wildman–Crippen LogP) is 4.07. The average molecular weight is 241 g/mol. The Labute approximate surface area is 107 Å². The Bertz CT molecular complexity index is 191. The maximum Gasteiger partial charge on any atom is 0.149 e. The first-order chi connectivity index (χ1) is 8.13. The van der Waals surface area contributed by atoms with E-state index in [1.807, 2.05) is 0 Å². The van der Waals surface area contributed by atoms with Gasteiger partial charge in [-0.3, -0.25) is 4.79 Å². The molecule has 0 aromatic rings. The molecule has 0 aromatic carbocycles. The van der Waals surface area contributed by atoms with Crippen molar-refractivity contribution in [2.24, 2.45) is 11.7 Å². The molecule has 17 heavy (non-hydrogen) atoms. The van der Waals surface area contributed by atoms with Gasteiger partial charge in [-0.15, -0.1) is 0 Å². The van der Waals surface area contributed by atoms with Crippen molar-refractivity contribution >= 4 is 5.78 Å². The van der Waals surface area contributed by atoms with Crippen LogP contribution >= 0.6 is 0 Å². The van der Waals surface area contributed by atoms with Crippen LogP contribution in [0.25, 0.3) is 0 Å². The fourth-order valence-electron chi connectivity index (χ4n) is 1.99. The van der Waals surface area contributed by atoms with Crippen LogP contribution in [0.3, 0.4) is 0 Å². The fourth-order valence-corrected chi connectivity index (χ4v) is 1.99. The number of carbonyl (C=O) groups is 1. The minimum Gasteiger partial charge on any atom is -0.321 e. The van der Waals surface area contributed by atoms with Crippen LogP contribution in [-0.4, -0.2) is 11.8 Å². The topological polar surface area (TPSA) is 43.1 Å². The molecule has 2 atom stereocenters. The summed E-state index contributed by atoms with van der Waals surface area (Å²) in [6.07, 6.45) is 10.4. The molecule has 0 aliphatic heterocycles. The third-order valence-corrected chi connectivity index (χ3v) is 3.66. The molecule has 0 amide bonds. The van der Waals surface area contributed by atoms with Gasteiger partial charge in [-0.25, -0.2) is 0 Å². The van der Waals surface area contributed by atoms with Crippen LogP contribution in [0, 0.1) is 5.92 Å². The Balaban J connectivity index is 3.45. The molecule has 102 valence electrons. The largest absolute Gasteiger partial charge is 0.321 e. The van der Waals surface area contributed by atoms with Gasteiger partial charge in [0.05, 0.1) is 6.04 Å². The smallest absolute Gasteiger partial charge is 0.149 e. The van der Waals surface area contributed by atoms with Crippen LogP contribution in [0.2, 0.25) is 0 Å². The molecule has 0 rings (SSSR count). The second-order valence-electron chi connectivity index (χ2n) is 5.25. The summed E-state index contributed by atoms with van der Waals surface area (Å²) in [5.74, 6) is 0.583. The predicted molar refractivity (Wildman–Crippen MR) is 75.0 cm³/mol. The van der Waals surface area contributed by atoms with Crippen LogP contribution in [0.1, 0.15) is 78.6 Å². The second kappa shape index (κ2) is 10.8. The zero-order valence-electron chi connectivity index (χ0n) is 12.0. The molecule has 0 aromatic heterocycles. The maximum atomic E-state index is 11.8. The highest BCUT2D eigenvalue weighted by Crippen LogP contribution is 2.12. The van der Waals surface area contributed by atoms with Crippen molar-refractivity contribution in [2.45, 2.75) is 84.6 Å². The van der Waals surface area contributed by atoms with Crippen LogP contribution in [0.15, 0.2) is 0 Å². The van der Waals surface area contributed by atoms with Crippen molar-refractivity contribution < 1.29 is 4.79 Å². The van der Waals surface area contributed by atoms with E-state index < -0.39 is 0 Å². The molecule has 0 saturated heterocycles. The standard InChI is InChI=1S/C15H31NO/c1-4-6-7-8-9-10-11-12-14(17)15(16)13(3)5-2/h13,15H,4-12,16H2,1-3H3. The lowest BCUT2D eigenvalue weighted by Gasteiger charge is -2.16. The third kappa shape index (κ3) is 8.37. The first-order valence-electron chi connectivity index (χ1n) is 7.41. The molecule has 2 N–H and O–H groups in total. The Morgan fingerprint density at radius 2 is 1.53 bits per heavy atom. The number of ketones is 1. The quantitative estimate of drug-likeness (QED) is 0.554. The van der Waals surface area contributed by atoms with Gasteiger partial charge in [-0.2, -0.15) is 0 Å². The molecular formula is C15H31NO. The normalized spacial score (nSPS) is 14.6. The highest BCUT2D eigenvalue weighted by atomic mass is 16.1. The van der Waals surface area contributed by atoms with Gasteiger partial charge >= 0.3 is 0 Å². The number of Topliss-reactive ketones (excluding diaryl/α,β-unsaturated/α-hetero) is 1. The van der Waals surface area contributed by atoms with Crippen LogP contribution in [0.5, 0.6) is 0 Å². The second-order valence-corrected chi connectivity index (χ2v) is 5.25. The summed E-state index contributed by atoms with van der Waals surface area (Å²) in [4.78, 5) is 11.8. The Hall–Kier alpha value is -0.370. The zero-order chi connectivity index (χ0) is 13.1. The van der Waals surface area contributed by atoms with E-state index in [-0.39, 0.29) is 11.8 Å². The van der Waals surface area contributed by atoms with Crippen molar-refractivity contribution in [1.82, 2.24) is 0 Å². The van der Waals surface area contributed by atoms with Crippen molar-refractivity contribution in [3.8, 4) is 0 Å². The van der Waals surface area contributed by atoms with Crippen molar-refractivity contribution in [1.29, 1.82) is 0 Å². The van der Waals surface area contributed by atoms with Crippen LogP contribution < -0.4 is 5.73 Å². The number of nitrogens with two attached hydrogens (primary N) is 1. The molecule has 0 heterocycles. The molecule has 0 aliphatic carbocycles. The van der Waals surface area contributed by atoms with E-state index in [9.17, 15) is 4.79 Å². The van der Waals surface area contributed by atoms with Gasteiger partial charge in [0.2, 0.25) is 0 Å². The molecule has 0 spiro atoms. The van der Waals surface area contributed by atoms with E-state index in [1.165, 1.54) is 38.5 Å². The lowest BCUT2D eigenvalue weighted by Crippen LogP contribution is -2.36. The number of carbonyl (C=O) groups excluding carboxylic acids is 1. The van der Waals surface area contributed by atoms with E-state index in [0.29, 0.717) is 12.3 Å². The van der Waals surface area contributed by atoms with Gasteiger partial charge < -0.3 is 5.73 Å². The summed E-state index contributed by atoms with van der Waals surface area (Å²) in [6, 6.07) is -0.236. The van der Waals surface area contributed by atoms with Crippen molar-refractivity contribution in [2.75, 3.05) is 0 Å². The van der Waals surface area contributed by atoms with Gasteiger partial charge in [-0.1, -0.05) is 65.7 Å². The van der Waals surface area contributed by atoms with E-state index in [0.717, 1.165) is 12.8 Å². The number of hydrogen-bond donors (Lipinski definition) is 1. The van der Waals surface area contributed by atoms with E-state index >= 15 is 0 Å². The highest BCUT2D eigenvalue weighted by molar-refractivity contribution is 5.83. The summed E-state index contributed by atoms with van der Waals surface area (Å²) in [5.41, 5.74) is 5.90. The summed E-state index contributed by atoms with van der Waals surface area (Å²) >= 11 is 0. The SMILES string of the molecule is CCCCCCCCCC(=O)C(N)C(C)CC. The van der Waals surface area contributed by atoms with Gasteiger partial charge in [0.25, 0.3) is 0 Å². The molecule has 0 radical (unpaired) electrons. The summed E-state index contributed by atoms with van der Waals surface area (Å²) in [5, 5.41) is 0. The molecule has 0 aliphatic rings. The van der Waals surface area contributed by atoms with Crippen molar-refractivity contribution in [3.63, 3.8) is 0 Å². The fraction of sp³-hybridized carbons (Fsp3) is 0.933. The molecule has 2 unspecified atom stereocenters. The summed E-state index contributed by atoms with van der Waals surface area (Å²) in [6.45, 7) is 6.38. The van der Waals surface area contributed by atoms with E-state index in [1.54, 1.807) is 0 Å². The van der Waals surface area contributed by atoms with Gasteiger partial charge in [0.15, 0.2) is 0 Å². The minimum absolute atomic E-state index is 0.236. The number of hydrogen-bond acceptors (Lipinski definition) is 2. The lowest BCUT2D eigenvalue weighted by molar-refractivity contribution is -0.121. The van der Waals surface area contributed by atoms with E-state index in [4.69, 9.17) is 5.73 Å². The summed E-state index contributed by atoms with van der Waals surface area (Å²) < 4.78 is 0. The first kappa shape index (κ1) is 16.6. The third-order valence-electron chi connectivity index (χ3n) is 3.66. The molecule has 0 fully saturated rings. The van der Waals surface area contributed by atoms with Crippen molar-refractivity contribution in [3.05, 3.63) is 0 Å². The maximum absolute atomic E-state index is 11.8. The van der Waals surface area contributed by atoms with E-state index in [2.05, 4.69) is 20.8 Å². The average Bonchev–Trinajstić information content (AvgIpc) is 2.35. The van der Waals surface area contributed by atoms with Gasteiger partial charge in [-0.05, 0) is 12.3 Å². The minimum atomic E-state index is -0.236. The number of unbranched alkanes of at least 4 members (excludes halogenated alkanes) is 6. The molecular weight excluding hydrogens is 210 g/mol. The molecule has 2 nitrogen and oxygen atoms in total. The van der Waals surface area contributed by atoms with Gasteiger partial charge in [0.1, 0.15) is 5.78 Å². The lowest BCUT2D eigenvalue weighted by atomic mass is 9.93. The van der Waals surface area contributed by atoms with Crippen LogP contribution in [0.4, 0.5) is 0 Å². The Morgan fingerprint density at radius 1 is 1.00 bits per heavy atom. The molecule has 0 bridgehead atoms. The summed E-state index contributed by atoms with van der Waals surface area (Å²) in [7, 11) is 0. The molecule has 0 saturated carbocycles. The zero-order valence-corrected chi connectivity index (χ0v) is 12.0. The van der Waals surface area contributed by atoms with Gasteiger partial charge in [0, 0.05) is 6.42 Å². The Kier molecular flexibility index (Phi) is 10.5. The monoisotopic (exact) mass is 241 g/mol. The van der Waals surface area contributed by atoms with Crippen LogP contribution in [-0.2, 0) is 4.79 Å². The highest BCUT2D eigenvalue weighted by Gasteiger charge is 2.18.